The van der Waals surface area contributed by atoms with E-state index in [1.54, 1.807) is 6.92 Å². The highest BCUT2D eigenvalue weighted by molar-refractivity contribution is 5.79. The smallest absolute Gasteiger partial charge is 0.314 e. The number of carbonyl (C=O) groups is 1. The quantitative estimate of drug-likeness (QED) is 0.605. The number of hydrogen-bond acceptors (Lipinski definition) is 6. The number of nitrogens with one attached hydrogen (secondary N) is 1. The topological polar surface area (TPSA) is 114 Å². The van der Waals surface area contributed by atoms with E-state index in [-0.39, 0.29) is 17.4 Å². The van der Waals surface area contributed by atoms with Gasteiger partial charge < -0.3 is 14.8 Å². The molecule has 0 saturated heterocycles. The van der Waals surface area contributed by atoms with E-state index in [4.69, 9.17) is 9.47 Å². The lowest BCUT2D eigenvalue weighted by Gasteiger charge is -2.22. The van der Waals surface area contributed by atoms with Crippen molar-refractivity contribution >= 4 is 11.6 Å². The molecule has 122 valence electrons. The summed E-state index contributed by atoms with van der Waals surface area (Å²) in [4.78, 5) is 22.4. The molecule has 1 aliphatic rings. The SMILES string of the molecule is COc1ccc(OCC(=O)N[C@](C)(C#N)C2CC2)c([N+](=O)[O-])c1. The van der Waals surface area contributed by atoms with Gasteiger partial charge in [0.05, 0.1) is 24.2 Å². The van der Waals surface area contributed by atoms with Crippen molar-refractivity contribution in [1.29, 1.82) is 5.26 Å². The molecule has 1 aromatic carbocycles. The van der Waals surface area contributed by atoms with E-state index in [0.717, 1.165) is 12.8 Å². The van der Waals surface area contributed by atoms with E-state index in [2.05, 4.69) is 11.4 Å². The van der Waals surface area contributed by atoms with Crippen molar-refractivity contribution in [3.05, 3.63) is 28.3 Å². The Morgan fingerprint density at radius 1 is 1.57 bits per heavy atom. The van der Waals surface area contributed by atoms with E-state index in [1.165, 1.54) is 25.3 Å². The Labute approximate surface area is 133 Å². The summed E-state index contributed by atoms with van der Waals surface area (Å²) in [5, 5.41) is 22.9. The number of methoxy groups -OCH3 is 1. The number of nitrogens with zero attached hydrogens (tertiary/aromatic N) is 2. The van der Waals surface area contributed by atoms with E-state index < -0.39 is 23.0 Å². The third-order valence-corrected chi connectivity index (χ3v) is 3.75. The van der Waals surface area contributed by atoms with Crippen LogP contribution in [0.4, 0.5) is 5.69 Å². The average Bonchev–Trinajstić information content (AvgIpc) is 3.37. The summed E-state index contributed by atoms with van der Waals surface area (Å²) in [5.74, 6) is -0.0619. The van der Waals surface area contributed by atoms with Crippen molar-refractivity contribution in [1.82, 2.24) is 5.32 Å². The van der Waals surface area contributed by atoms with Crippen LogP contribution in [0.25, 0.3) is 0 Å². The van der Waals surface area contributed by atoms with Gasteiger partial charge in [0.2, 0.25) is 0 Å². The van der Waals surface area contributed by atoms with Gasteiger partial charge in [-0.05, 0) is 37.8 Å². The molecule has 0 aliphatic heterocycles. The summed E-state index contributed by atoms with van der Waals surface area (Å²) >= 11 is 0. The Balaban J connectivity index is 2.01. The first kappa shape index (κ1) is 16.5. The summed E-state index contributed by atoms with van der Waals surface area (Å²) < 4.78 is 10.2. The molecule has 1 aliphatic carbocycles. The fourth-order valence-electron chi connectivity index (χ4n) is 2.24. The number of hydrogen-bond donors (Lipinski definition) is 1. The van der Waals surface area contributed by atoms with Gasteiger partial charge in [-0.2, -0.15) is 5.26 Å². The van der Waals surface area contributed by atoms with Crippen molar-refractivity contribution in [3.8, 4) is 17.6 Å². The lowest BCUT2D eigenvalue weighted by Crippen LogP contribution is -2.48. The number of rotatable bonds is 7. The van der Waals surface area contributed by atoms with Crippen molar-refractivity contribution in [3.63, 3.8) is 0 Å². The molecule has 23 heavy (non-hydrogen) atoms. The predicted octanol–water partition coefficient (Wildman–Crippen LogP) is 1.79. The minimum Gasteiger partial charge on any atom is -0.496 e. The van der Waals surface area contributed by atoms with E-state index in [0.29, 0.717) is 5.75 Å². The largest absolute Gasteiger partial charge is 0.496 e. The summed E-state index contributed by atoms with van der Waals surface area (Å²) in [6, 6.07) is 6.19. The fourth-order valence-corrected chi connectivity index (χ4v) is 2.24. The zero-order valence-corrected chi connectivity index (χ0v) is 12.9. The highest BCUT2D eigenvalue weighted by Gasteiger charge is 2.43. The maximum atomic E-state index is 11.9. The molecule has 1 fully saturated rings. The average molecular weight is 319 g/mol. The molecule has 0 unspecified atom stereocenters. The second-order valence-corrected chi connectivity index (χ2v) is 5.52. The third kappa shape index (κ3) is 3.88. The lowest BCUT2D eigenvalue weighted by molar-refractivity contribution is -0.385. The van der Waals surface area contributed by atoms with Crippen LogP contribution in [0.2, 0.25) is 0 Å². The first-order valence-corrected chi connectivity index (χ1v) is 7.07. The third-order valence-electron chi connectivity index (χ3n) is 3.75. The van der Waals surface area contributed by atoms with Gasteiger partial charge >= 0.3 is 5.69 Å². The molecule has 0 bridgehead atoms. The van der Waals surface area contributed by atoms with Gasteiger partial charge in [0.15, 0.2) is 12.4 Å². The van der Waals surface area contributed by atoms with Crippen LogP contribution in [0.5, 0.6) is 11.5 Å². The first-order valence-electron chi connectivity index (χ1n) is 7.07. The second kappa shape index (κ2) is 6.52. The Kier molecular flexibility index (Phi) is 4.69. The molecule has 0 spiro atoms. The van der Waals surface area contributed by atoms with Crippen LogP contribution < -0.4 is 14.8 Å². The fraction of sp³-hybridized carbons (Fsp3) is 0.467. The minimum atomic E-state index is -0.924. The summed E-state index contributed by atoms with van der Waals surface area (Å²) in [6.07, 6.45) is 1.80. The van der Waals surface area contributed by atoms with E-state index in [1.807, 2.05) is 0 Å². The first-order chi connectivity index (χ1) is 10.9. The monoisotopic (exact) mass is 319 g/mol. The van der Waals surface area contributed by atoms with Gasteiger partial charge in [-0.3, -0.25) is 14.9 Å². The number of nitro groups is 1. The highest BCUT2D eigenvalue weighted by atomic mass is 16.6. The number of nitro benzene ring substituents is 1. The molecule has 8 heteroatoms. The molecule has 0 radical (unpaired) electrons. The van der Waals surface area contributed by atoms with Gasteiger partial charge in [-0.25, -0.2) is 0 Å². The Hall–Kier alpha value is -2.82. The summed E-state index contributed by atoms with van der Waals surface area (Å²) in [5.41, 5.74) is -1.21. The normalized spacial score (nSPS) is 15.9. The van der Waals surface area contributed by atoms with E-state index >= 15 is 0 Å². The molecular weight excluding hydrogens is 302 g/mol. The zero-order valence-electron chi connectivity index (χ0n) is 12.9. The van der Waals surface area contributed by atoms with Crippen LogP contribution in [-0.2, 0) is 4.79 Å². The Morgan fingerprint density at radius 2 is 2.26 bits per heavy atom. The van der Waals surface area contributed by atoms with Crippen LogP contribution in [0, 0.1) is 27.4 Å². The molecule has 1 amide bonds. The highest BCUT2D eigenvalue weighted by Crippen LogP contribution is 2.39. The van der Waals surface area contributed by atoms with Crippen LogP contribution >= 0.6 is 0 Å². The molecule has 1 N–H and O–H groups in total. The van der Waals surface area contributed by atoms with Crippen molar-refractivity contribution in [2.75, 3.05) is 13.7 Å². The van der Waals surface area contributed by atoms with Crippen LogP contribution in [0.15, 0.2) is 18.2 Å². The number of amides is 1. The summed E-state index contributed by atoms with van der Waals surface area (Å²) in [6.45, 7) is 1.26. The number of benzene rings is 1. The standard InChI is InChI=1S/C15H17N3O5/c1-15(9-16,10-3-4-10)17-14(19)8-23-13-6-5-11(22-2)7-12(13)18(20)21/h5-7,10H,3-4,8H2,1-2H3,(H,17,19)/t15-/m1/s1. The zero-order chi connectivity index (χ0) is 17.0. The van der Waals surface area contributed by atoms with Crippen LogP contribution in [0.1, 0.15) is 19.8 Å². The van der Waals surface area contributed by atoms with E-state index in [9.17, 15) is 20.2 Å². The number of carbonyl (C=O) groups excluding carboxylic acids is 1. The minimum absolute atomic E-state index is 0.0315. The van der Waals surface area contributed by atoms with Crippen molar-refractivity contribution in [2.24, 2.45) is 5.92 Å². The Bertz CT molecular complexity index is 666. The molecule has 2 rings (SSSR count). The molecule has 0 heterocycles. The van der Waals surface area contributed by atoms with Gasteiger partial charge in [0.25, 0.3) is 5.91 Å². The molecule has 0 aromatic heterocycles. The van der Waals surface area contributed by atoms with Gasteiger partial charge in [-0.1, -0.05) is 0 Å². The number of ether oxygens (including phenoxy) is 2. The predicted molar refractivity (Wildman–Crippen MR) is 80.0 cm³/mol. The molecular formula is C15H17N3O5. The summed E-state index contributed by atoms with van der Waals surface area (Å²) in [7, 11) is 1.40. The van der Waals surface area contributed by atoms with Crippen LogP contribution in [-0.4, -0.2) is 30.1 Å². The van der Waals surface area contributed by atoms with Gasteiger partial charge in [0.1, 0.15) is 11.3 Å². The van der Waals surface area contributed by atoms with Gasteiger partial charge in [-0.15, -0.1) is 0 Å². The maximum absolute atomic E-state index is 11.9. The lowest BCUT2D eigenvalue weighted by atomic mass is 9.98. The Morgan fingerprint density at radius 3 is 2.78 bits per heavy atom. The second-order valence-electron chi connectivity index (χ2n) is 5.52. The molecule has 1 saturated carbocycles. The van der Waals surface area contributed by atoms with Gasteiger partial charge in [0, 0.05) is 0 Å². The van der Waals surface area contributed by atoms with Crippen molar-refractivity contribution in [2.45, 2.75) is 25.3 Å². The van der Waals surface area contributed by atoms with Crippen LogP contribution in [0.3, 0.4) is 0 Å². The maximum Gasteiger partial charge on any atom is 0.314 e. The van der Waals surface area contributed by atoms with Crippen molar-refractivity contribution < 1.29 is 19.2 Å². The molecule has 1 atom stereocenters. The number of nitriles is 1. The molecule has 8 nitrogen and oxygen atoms in total. The molecule has 1 aromatic rings.